The van der Waals surface area contributed by atoms with Crippen molar-refractivity contribution in [3.05, 3.63) is 0 Å². The largest absolute Gasteiger partial charge is 0.0654 e. The Morgan fingerprint density at radius 1 is 0.800 bits per heavy atom. The topological polar surface area (TPSA) is 0 Å². The summed E-state index contributed by atoms with van der Waals surface area (Å²) in [5.41, 5.74) is 0. The van der Waals surface area contributed by atoms with Gasteiger partial charge in [0.15, 0.2) is 0 Å². The van der Waals surface area contributed by atoms with E-state index in [9.17, 15) is 0 Å². The molecule has 0 aliphatic heterocycles. The van der Waals surface area contributed by atoms with E-state index in [2.05, 4.69) is 13.8 Å². The Labute approximate surface area is 126 Å². The minimum Gasteiger partial charge on any atom is -0.0654 e. The second kappa shape index (κ2) is 5.33. The number of hydrogen-bond donors (Lipinski definition) is 0. The molecule has 0 nitrogen and oxygen atoms in total. The Balaban J connectivity index is 1.40. The van der Waals surface area contributed by atoms with Crippen LogP contribution in [0.15, 0.2) is 0 Å². The molecule has 4 unspecified atom stereocenters. The Hall–Kier alpha value is 0. The van der Waals surface area contributed by atoms with E-state index in [1.54, 1.807) is 51.4 Å². The molecule has 0 spiro atoms. The van der Waals surface area contributed by atoms with Gasteiger partial charge >= 0.3 is 0 Å². The minimum absolute atomic E-state index is 1.04. The first-order chi connectivity index (χ1) is 9.74. The van der Waals surface area contributed by atoms with Gasteiger partial charge in [-0.3, -0.25) is 0 Å². The molecule has 0 heterocycles. The zero-order chi connectivity index (χ0) is 13.7. The normalized spacial score (nSPS) is 48.3. The Morgan fingerprint density at radius 2 is 1.45 bits per heavy atom. The number of hydrogen-bond acceptors (Lipinski definition) is 0. The van der Waals surface area contributed by atoms with E-state index in [4.69, 9.17) is 0 Å². The highest BCUT2D eigenvalue weighted by molar-refractivity contribution is 4.99. The summed E-state index contributed by atoms with van der Waals surface area (Å²) in [6.45, 7) is 5.03. The monoisotopic (exact) mass is 274 g/mol. The summed E-state index contributed by atoms with van der Waals surface area (Å²) >= 11 is 0. The molecule has 0 saturated heterocycles. The molecule has 0 heteroatoms. The number of rotatable bonds is 6. The highest BCUT2D eigenvalue weighted by Crippen LogP contribution is 2.59. The smallest absolute Gasteiger partial charge is 0.0357 e. The zero-order valence-electron chi connectivity index (χ0n) is 13.7. The second-order valence-corrected chi connectivity index (χ2v) is 9.09. The maximum atomic E-state index is 2.65. The molecule has 114 valence electrons. The molecule has 0 aromatic carbocycles. The van der Waals surface area contributed by atoms with Gasteiger partial charge < -0.3 is 0 Å². The number of unbranched alkanes of at least 4 members (excludes halogenated alkanes) is 1. The van der Waals surface area contributed by atoms with Crippen molar-refractivity contribution in [2.24, 2.45) is 47.3 Å². The molecule has 0 aromatic rings. The van der Waals surface area contributed by atoms with Crippen molar-refractivity contribution in [1.82, 2.24) is 0 Å². The van der Waals surface area contributed by atoms with Crippen LogP contribution in [0.25, 0.3) is 0 Å². The van der Waals surface area contributed by atoms with Crippen molar-refractivity contribution in [2.75, 3.05) is 0 Å². The highest BCUT2D eigenvalue weighted by Gasteiger charge is 2.49. The summed E-state index contributed by atoms with van der Waals surface area (Å²) in [6, 6.07) is 0. The summed E-state index contributed by atoms with van der Waals surface area (Å²) in [4.78, 5) is 0. The zero-order valence-corrected chi connectivity index (χ0v) is 13.7. The second-order valence-electron chi connectivity index (χ2n) is 9.09. The van der Waals surface area contributed by atoms with Crippen molar-refractivity contribution in [3.8, 4) is 0 Å². The van der Waals surface area contributed by atoms with Crippen LogP contribution < -0.4 is 0 Å². The molecule has 0 amide bonds. The third-order valence-electron chi connectivity index (χ3n) is 7.80. The molecular formula is C20H34. The Morgan fingerprint density at radius 3 is 2.05 bits per heavy atom. The van der Waals surface area contributed by atoms with E-state index in [1.807, 2.05) is 0 Å². The lowest BCUT2D eigenvalue weighted by molar-refractivity contribution is 0.0116. The van der Waals surface area contributed by atoms with Crippen LogP contribution >= 0.6 is 0 Å². The first-order valence-electron chi connectivity index (χ1n) is 9.74. The maximum absolute atomic E-state index is 2.65. The lowest BCUT2D eigenvalue weighted by Gasteiger charge is -2.49. The number of fused-ring (bicyclic) bond motifs is 3. The standard InChI is InChI=1S/C20H34/c1-3-4-5-20(19-8-14-6-15(7-14)9-19)13(2)16-10-17-12-18(17)11-16/h13-20H,3-12H2,1-2H3. The van der Waals surface area contributed by atoms with Crippen LogP contribution in [0.2, 0.25) is 0 Å². The third-order valence-corrected chi connectivity index (χ3v) is 7.80. The SMILES string of the molecule is CCCCC(C1CC2CC(C2)C1)C(C)C1CC2CC2C1. The first kappa shape index (κ1) is 13.6. The fourth-order valence-electron chi connectivity index (χ4n) is 6.47. The average Bonchev–Trinajstić information content (AvgIpc) is 3.05. The van der Waals surface area contributed by atoms with E-state index in [-0.39, 0.29) is 0 Å². The summed E-state index contributed by atoms with van der Waals surface area (Å²) in [5.74, 6) is 8.99. The van der Waals surface area contributed by atoms with E-state index >= 15 is 0 Å². The van der Waals surface area contributed by atoms with Crippen LogP contribution in [0.3, 0.4) is 0 Å². The van der Waals surface area contributed by atoms with E-state index in [1.165, 1.54) is 24.7 Å². The van der Waals surface area contributed by atoms with Crippen LogP contribution in [0.4, 0.5) is 0 Å². The lowest BCUT2D eigenvalue weighted by Crippen LogP contribution is -2.39. The molecular weight excluding hydrogens is 240 g/mol. The molecule has 5 aliphatic carbocycles. The fourth-order valence-corrected chi connectivity index (χ4v) is 6.47. The van der Waals surface area contributed by atoms with Gasteiger partial charge in [0.2, 0.25) is 0 Å². The van der Waals surface area contributed by atoms with Gasteiger partial charge in [0.25, 0.3) is 0 Å². The highest BCUT2D eigenvalue weighted by atomic mass is 14.5. The van der Waals surface area contributed by atoms with Gasteiger partial charge in [0, 0.05) is 0 Å². The van der Waals surface area contributed by atoms with Crippen molar-refractivity contribution in [3.63, 3.8) is 0 Å². The summed E-state index contributed by atoms with van der Waals surface area (Å²) in [5, 5.41) is 0. The van der Waals surface area contributed by atoms with E-state index in [0.29, 0.717) is 0 Å². The molecule has 2 bridgehead atoms. The molecule has 5 fully saturated rings. The van der Waals surface area contributed by atoms with Gasteiger partial charge in [0.05, 0.1) is 0 Å². The van der Waals surface area contributed by atoms with Crippen molar-refractivity contribution in [1.29, 1.82) is 0 Å². The first-order valence-corrected chi connectivity index (χ1v) is 9.74. The summed E-state index contributed by atoms with van der Waals surface area (Å²) < 4.78 is 0. The van der Waals surface area contributed by atoms with Crippen LogP contribution in [-0.2, 0) is 0 Å². The van der Waals surface area contributed by atoms with Crippen LogP contribution in [0.1, 0.15) is 78.1 Å². The molecule has 4 atom stereocenters. The van der Waals surface area contributed by atoms with Gasteiger partial charge in [-0.25, -0.2) is 0 Å². The molecule has 0 N–H and O–H groups in total. The average molecular weight is 274 g/mol. The molecule has 5 saturated carbocycles. The van der Waals surface area contributed by atoms with E-state index < -0.39 is 0 Å². The Kier molecular flexibility index (Phi) is 3.63. The Bertz CT molecular complexity index is 320. The van der Waals surface area contributed by atoms with Crippen molar-refractivity contribution >= 4 is 0 Å². The fraction of sp³-hybridized carbons (Fsp3) is 1.00. The van der Waals surface area contributed by atoms with Crippen molar-refractivity contribution < 1.29 is 0 Å². The van der Waals surface area contributed by atoms with E-state index in [0.717, 1.165) is 35.5 Å². The maximum Gasteiger partial charge on any atom is -0.0357 e. The van der Waals surface area contributed by atoms with Gasteiger partial charge in [-0.05, 0) is 98.7 Å². The van der Waals surface area contributed by atoms with Gasteiger partial charge in [-0.1, -0.05) is 26.7 Å². The van der Waals surface area contributed by atoms with Gasteiger partial charge in [-0.15, -0.1) is 0 Å². The summed E-state index contributed by atoms with van der Waals surface area (Å²) in [6.07, 6.45) is 15.6. The van der Waals surface area contributed by atoms with Crippen LogP contribution in [0, 0.1) is 47.3 Å². The predicted molar refractivity (Wildman–Crippen MR) is 85.4 cm³/mol. The minimum atomic E-state index is 1.04. The molecule has 0 radical (unpaired) electrons. The predicted octanol–water partition coefficient (Wildman–Crippen LogP) is 5.91. The molecule has 5 aliphatic rings. The van der Waals surface area contributed by atoms with Gasteiger partial charge in [0.1, 0.15) is 0 Å². The van der Waals surface area contributed by atoms with Crippen LogP contribution in [0.5, 0.6) is 0 Å². The quantitative estimate of drug-likeness (QED) is 0.564. The molecule has 0 aromatic heterocycles. The van der Waals surface area contributed by atoms with Gasteiger partial charge in [-0.2, -0.15) is 0 Å². The van der Waals surface area contributed by atoms with Crippen LogP contribution in [-0.4, -0.2) is 0 Å². The third kappa shape index (κ3) is 2.46. The molecule has 20 heavy (non-hydrogen) atoms. The van der Waals surface area contributed by atoms with Crippen molar-refractivity contribution in [2.45, 2.75) is 78.1 Å². The molecule has 5 rings (SSSR count). The summed E-state index contributed by atoms with van der Waals surface area (Å²) in [7, 11) is 0. The lowest BCUT2D eigenvalue weighted by atomic mass is 9.56.